The highest BCUT2D eigenvalue weighted by Crippen LogP contribution is 2.10. The Balaban J connectivity index is 2.30. The Bertz CT molecular complexity index is 396. The van der Waals surface area contributed by atoms with Crippen molar-refractivity contribution in [2.75, 3.05) is 38.3 Å². The van der Waals surface area contributed by atoms with Gasteiger partial charge in [-0.1, -0.05) is 19.1 Å². The number of carbonyl (C=O) groups excluding carboxylic acids is 1. The number of hydrogen-bond acceptors (Lipinski definition) is 4. The van der Waals surface area contributed by atoms with Crippen LogP contribution in [0, 0.1) is 0 Å². The van der Waals surface area contributed by atoms with Crippen molar-refractivity contribution in [3.8, 4) is 0 Å². The third-order valence-electron chi connectivity index (χ3n) is 2.60. The summed E-state index contributed by atoms with van der Waals surface area (Å²) in [5.41, 5.74) is 1.93. The van der Waals surface area contributed by atoms with E-state index in [4.69, 9.17) is 9.47 Å². The molecule has 0 aliphatic carbocycles. The van der Waals surface area contributed by atoms with E-state index in [0.717, 1.165) is 24.3 Å². The predicted octanol–water partition coefficient (Wildman–Crippen LogP) is 1.79. The van der Waals surface area contributed by atoms with Crippen LogP contribution in [0.25, 0.3) is 0 Å². The third-order valence-corrected chi connectivity index (χ3v) is 2.60. The Morgan fingerprint density at radius 3 is 2.75 bits per heavy atom. The molecule has 0 heterocycles. The summed E-state index contributed by atoms with van der Waals surface area (Å²) in [6.45, 7) is 7.36. The van der Waals surface area contributed by atoms with Gasteiger partial charge in [0.05, 0.1) is 13.2 Å². The van der Waals surface area contributed by atoms with Crippen molar-refractivity contribution in [2.45, 2.75) is 20.4 Å². The molecule has 0 spiro atoms. The molecule has 0 saturated heterocycles. The Morgan fingerprint density at radius 2 is 2.00 bits per heavy atom. The van der Waals surface area contributed by atoms with Gasteiger partial charge in [-0.2, -0.15) is 0 Å². The zero-order valence-corrected chi connectivity index (χ0v) is 12.3. The summed E-state index contributed by atoms with van der Waals surface area (Å²) in [5, 5.41) is 6.06. The Kier molecular flexibility index (Phi) is 8.62. The van der Waals surface area contributed by atoms with E-state index >= 15 is 0 Å². The number of hydrogen-bond donors (Lipinski definition) is 2. The maximum Gasteiger partial charge on any atom is 0.250 e. The fourth-order valence-corrected chi connectivity index (χ4v) is 1.65. The Hall–Kier alpha value is -1.43. The average Bonchev–Trinajstić information content (AvgIpc) is 2.45. The smallest absolute Gasteiger partial charge is 0.250 e. The summed E-state index contributed by atoms with van der Waals surface area (Å²) in [4.78, 5) is 11.7. The van der Waals surface area contributed by atoms with Crippen LogP contribution < -0.4 is 10.6 Å². The SMILES string of the molecule is CCNCc1cccc(NC(=O)COCCOCC)c1. The maximum absolute atomic E-state index is 11.7. The van der Waals surface area contributed by atoms with E-state index in [-0.39, 0.29) is 12.5 Å². The number of nitrogens with one attached hydrogen (secondary N) is 2. The van der Waals surface area contributed by atoms with Crippen LogP contribution in [0.1, 0.15) is 19.4 Å². The second-order valence-electron chi connectivity index (χ2n) is 4.28. The van der Waals surface area contributed by atoms with Crippen molar-refractivity contribution in [3.05, 3.63) is 29.8 Å². The van der Waals surface area contributed by atoms with E-state index in [0.29, 0.717) is 19.8 Å². The molecule has 5 heteroatoms. The Morgan fingerprint density at radius 1 is 1.20 bits per heavy atom. The van der Waals surface area contributed by atoms with Gasteiger partial charge in [0.2, 0.25) is 5.91 Å². The molecule has 1 amide bonds. The first-order valence-corrected chi connectivity index (χ1v) is 7.01. The zero-order valence-electron chi connectivity index (χ0n) is 12.3. The summed E-state index contributed by atoms with van der Waals surface area (Å²) < 4.78 is 10.3. The van der Waals surface area contributed by atoms with Crippen LogP contribution >= 0.6 is 0 Å². The quantitative estimate of drug-likeness (QED) is 0.642. The zero-order chi connectivity index (χ0) is 14.6. The van der Waals surface area contributed by atoms with E-state index in [9.17, 15) is 4.79 Å². The highest BCUT2D eigenvalue weighted by Gasteiger charge is 2.03. The van der Waals surface area contributed by atoms with Gasteiger partial charge in [-0.05, 0) is 31.2 Å². The topological polar surface area (TPSA) is 59.6 Å². The highest BCUT2D eigenvalue weighted by atomic mass is 16.5. The second-order valence-corrected chi connectivity index (χ2v) is 4.28. The van der Waals surface area contributed by atoms with Gasteiger partial charge in [0.1, 0.15) is 6.61 Å². The molecular formula is C15H24N2O3. The van der Waals surface area contributed by atoms with E-state index in [1.807, 2.05) is 31.2 Å². The summed E-state index contributed by atoms with van der Waals surface area (Å²) in [7, 11) is 0. The van der Waals surface area contributed by atoms with Gasteiger partial charge in [0.15, 0.2) is 0 Å². The maximum atomic E-state index is 11.7. The van der Waals surface area contributed by atoms with Crippen LogP contribution in [0.3, 0.4) is 0 Å². The highest BCUT2D eigenvalue weighted by molar-refractivity contribution is 5.91. The Labute approximate surface area is 120 Å². The van der Waals surface area contributed by atoms with Gasteiger partial charge in [0.25, 0.3) is 0 Å². The van der Waals surface area contributed by atoms with Crippen LogP contribution in [0.4, 0.5) is 5.69 Å². The first-order valence-electron chi connectivity index (χ1n) is 7.01. The minimum Gasteiger partial charge on any atom is -0.379 e. The monoisotopic (exact) mass is 280 g/mol. The van der Waals surface area contributed by atoms with Crippen LogP contribution in [0.15, 0.2) is 24.3 Å². The van der Waals surface area contributed by atoms with E-state index < -0.39 is 0 Å². The number of amides is 1. The predicted molar refractivity (Wildman–Crippen MR) is 79.8 cm³/mol. The molecule has 0 aromatic heterocycles. The molecule has 0 fully saturated rings. The lowest BCUT2D eigenvalue weighted by Gasteiger charge is -2.08. The number of carbonyl (C=O) groups is 1. The molecule has 1 aromatic rings. The molecule has 112 valence electrons. The fourth-order valence-electron chi connectivity index (χ4n) is 1.65. The average molecular weight is 280 g/mol. The van der Waals surface area contributed by atoms with Gasteiger partial charge in [-0.25, -0.2) is 0 Å². The second kappa shape index (κ2) is 10.4. The van der Waals surface area contributed by atoms with Crippen molar-refractivity contribution in [1.29, 1.82) is 0 Å². The molecule has 2 N–H and O–H groups in total. The van der Waals surface area contributed by atoms with Crippen LogP contribution in [-0.2, 0) is 20.8 Å². The molecule has 5 nitrogen and oxygen atoms in total. The normalized spacial score (nSPS) is 10.5. The lowest BCUT2D eigenvalue weighted by molar-refractivity contribution is -0.121. The minimum absolute atomic E-state index is 0.0461. The van der Waals surface area contributed by atoms with Crippen molar-refractivity contribution in [2.24, 2.45) is 0 Å². The molecule has 0 atom stereocenters. The molecule has 20 heavy (non-hydrogen) atoms. The van der Waals surface area contributed by atoms with Gasteiger partial charge in [0, 0.05) is 18.8 Å². The van der Waals surface area contributed by atoms with Crippen LogP contribution in [0.5, 0.6) is 0 Å². The summed E-state index contributed by atoms with van der Waals surface area (Å²) in [6.07, 6.45) is 0. The third kappa shape index (κ3) is 7.23. The van der Waals surface area contributed by atoms with E-state index in [2.05, 4.69) is 17.6 Å². The number of anilines is 1. The summed E-state index contributed by atoms with van der Waals surface area (Å²) in [5.74, 6) is -0.151. The lowest BCUT2D eigenvalue weighted by atomic mass is 10.2. The standard InChI is InChI=1S/C15H24N2O3/c1-3-16-11-13-6-5-7-14(10-13)17-15(18)12-20-9-8-19-4-2/h5-7,10,16H,3-4,8-9,11-12H2,1-2H3,(H,17,18). The van der Waals surface area contributed by atoms with Gasteiger partial charge < -0.3 is 20.1 Å². The first kappa shape index (κ1) is 16.6. The molecule has 0 saturated carbocycles. The van der Waals surface area contributed by atoms with Crippen molar-refractivity contribution in [1.82, 2.24) is 5.32 Å². The molecule has 0 bridgehead atoms. The van der Waals surface area contributed by atoms with Crippen molar-refractivity contribution >= 4 is 11.6 Å². The molecular weight excluding hydrogens is 256 g/mol. The summed E-state index contributed by atoms with van der Waals surface area (Å²) in [6, 6.07) is 7.78. The largest absolute Gasteiger partial charge is 0.379 e. The lowest BCUT2D eigenvalue weighted by Crippen LogP contribution is -2.20. The van der Waals surface area contributed by atoms with Crippen LogP contribution in [-0.4, -0.2) is 38.9 Å². The minimum atomic E-state index is -0.151. The van der Waals surface area contributed by atoms with Crippen molar-refractivity contribution in [3.63, 3.8) is 0 Å². The first-order chi connectivity index (χ1) is 9.76. The van der Waals surface area contributed by atoms with Gasteiger partial charge in [-0.15, -0.1) is 0 Å². The van der Waals surface area contributed by atoms with Crippen molar-refractivity contribution < 1.29 is 14.3 Å². The summed E-state index contributed by atoms with van der Waals surface area (Å²) >= 11 is 0. The number of benzene rings is 1. The fraction of sp³-hybridized carbons (Fsp3) is 0.533. The molecule has 0 radical (unpaired) electrons. The van der Waals surface area contributed by atoms with E-state index in [1.54, 1.807) is 0 Å². The molecule has 1 rings (SSSR count). The van der Waals surface area contributed by atoms with Crippen LogP contribution in [0.2, 0.25) is 0 Å². The molecule has 1 aromatic carbocycles. The number of ether oxygens (including phenoxy) is 2. The van der Waals surface area contributed by atoms with E-state index in [1.165, 1.54) is 0 Å². The van der Waals surface area contributed by atoms with Gasteiger partial charge >= 0.3 is 0 Å². The molecule has 0 aliphatic heterocycles. The number of rotatable bonds is 10. The van der Waals surface area contributed by atoms with Gasteiger partial charge in [-0.3, -0.25) is 4.79 Å². The molecule has 0 unspecified atom stereocenters. The molecule has 0 aliphatic rings.